The van der Waals surface area contributed by atoms with Gasteiger partial charge in [0.2, 0.25) is 0 Å². The third kappa shape index (κ3) is 4.04. The summed E-state index contributed by atoms with van der Waals surface area (Å²) in [6.45, 7) is 4.18. The van der Waals surface area contributed by atoms with Gasteiger partial charge >= 0.3 is 0 Å². The molecule has 2 heterocycles. The summed E-state index contributed by atoms with van der Waals surface area (Å²) in [5.41, 5.74) is 6.32. The van der Waals surface area contributed by atoms with Gasteiger partial charge in [0.25, 0.3) is 0 Å². The van der Waals surface area contributed by atoms with Crippen LogP contribution in [0.3, 0.4) is 0 Å². The normalized spacial score (nSPS) is 21.3. The zero-order valence-electron chi connectivity index (χ0n) is 12.7. The smallest absolute Gasteiger partial charge is 0.141 e. The minimum absolute atomic E-state index is 0.0544. The molecule has 1 aromatic carbocycles. The Kier molecular flexibility index (Phi) is 5.52. The van der Waals surface area contributed by atoms with Crippen LogP contribution < -0.4 is 21.0 Å². The minimum atomic E-state index is 0.0544. The van der Waals surface area contributed by atoms with Gasteiger partial charge in [-0.1, -0.05) is 12.1 Å². The molecule has 0 bridgehead atoms. The second kappa shape index (κ2) is 7.80. The summed E-state index contributed by atoms with van der Waals surface area (Å²) in [5, 5.41) is 15.0. The number of piperazine rings is 1. The molecular weight excluding hydrogens is 405 g/mol. The number of allylic oxidation sites excluding steroid dienone is 1. The fourth-order valence-corrected chi connectivity index (χ4v) is 3.31. The summed E-state index contributed by atoms with van der Waals surface area (Å²) < 4.78 is 0.0544. The van der Waals surface area contributed by atoms with Crippen LogP contribution in [-0.4, -0.2) is 41.1 Å². The molecule has 0 saturated carbocycles. The van der Waals surface area contributed by atoms with Gasteiger partial charge < -0.3 is 15.5 Å². The number of aliphatic imine (C=N–C) groups is 1. The lowest BCUT2D eigenvalue weighted by Gasteiger charge is -2.29. The lowest BCUT2D eigenvalue weighted by molar-refractivity contribution is 0.214. The molecule has 6 nitrogen and oxygen atoms in total. The van der Waals surface area contributed by atoms with Crippen LogP contribution in [0.2, 0.25) is 0 Å². The first-order valence-electron chi connectivity index (χ1n) is 7.58. The monoisotopic (exact) mass is 425 g/mol. The van der Waals surface area contributed by atoms with Crippen LogP contribution in [0, 0.1) is 0 Å². The Morgan fingerprint density at radius 1 is 1.22 bits per heavy atom. The zero-order chi connectivity index (χ0) is 16.1. The summed E-state index contributed by atoms with van der Waals surface area (Å²) in [4.78, 5) is 7.07. The van der Waals surface area contributed by atoms with Crippen LogP contribution in [0.4, 0.5) is 5.69 Å². The van der Waals surface area contributed by atoms with Crippen LogP contribution in [0.5, 0.6) is 0 Å². The first-order chi connectivity index (χ1) is 11.3. The van der Waals surface area contributed by atoms with Crippen molar-refractivity contribution in [1.82, 2.24) is 16.1 Å². The number of nitrogens with one attached hydrogen (secondary N) is 3. The van der Waals surface area contributed by atoms with Crippen LogP contribution in [0.1, 0.15) is 5.56 Å². The molecule has 1 aromatic rings. The van der Waals surface area contributed by atoms with Gasteiger partial charge in [0.15, 0.2) is 0 Å². The molecule has 2 aliphatic rings. The lowest BCUT2D eigenvalue weighted by atomic mass is 10.1. The number of anilines is 1. The number of hydrogen-bond donors (Lipinski definition) is 4. The molecule has 0 aliphatic carbocycles. The van der Waals surface area contributed by atoms with Gasteiger partial charge in [-0.2, -0.15) is 0 Å². The quantitative estimate of drug-likeness (QED) is 0.250. The number of hydrogen-bond acceptors (Lipinski definition) is 6. The molecule has 0 radical (unpaired) electrons. The van der Waals surface area contributed by atoms with Crippen LogP contribution in [0.15, 0.2) is 53.4 Å². The fraction of sp³-hybridized carbons (Fsp3) is 0.312. The van der Waals surface area contributed by atoms with Crippen molar-refractivity contribution in [2.24, 2.45) is 4.99 Å². The van der Waals surface area contributed by atoms with E-state index in [0.717, 1.165) is 43.2 Å². The Morgan fingerprint density at radius 2 is 1.96 bits per heavy atom. The van der Waals surface area contributed by atoms with Gasteiger partial charge in [0.1, 0.15) is 4.05 Å². The second-order valence-corrected chi connectivity index (χ2v) is 6.52. The maximum absolute atomic E-state index is 8.53. The third-order valence-corrected chi connectivity index (χ3v) is 4.80. The van der Waals surface area contributed by atoms with Crippen LogP contribution in [-0.2, 0) is 0 Å². The zero-order valence-corrected chi connectivity index (χ0v) is 14.8. The molecule has 0 spiro atoms. The molecule has 122 valence electrons. The van der Waals surface area contributed by atoms with Crippen molar-refractivity contribution in [3.8, 4) is 0 Å². The van der Waals surface area contributed by atoms with Gasteiger partial charge in [0.05, 0.1) is 11.4 Å². The van der Waals surface area contributed by atoms with Crippen molar-refractivity contribution < 1.29 is 5.21 Å². The number of rotatable bonds is 5. The van der Waals surface area contributed by atoms with E-state index < -0.39 is 0 Å². The van der Waals surface area contributed by atoms with E-state index in [-0.39, 0.29) is 4.05 Å². The van der Waals surface area contributed by atoms with E-state index in [9.17, 15) is 0 Å². The first kappa shape index (κ1) is 16.3. The van der Waals surface area contributed by atoms with E-state index in [0.29, 0.717) is 0 Å². The first-order valence-corrected chi connectivity index (χ1v) is 8.83. The average molecular weight is 425 g/mol. The fourth-order valence-electron chi connectivity index (χ4n) is 2.65. The standard InChI is InChI=1S/C16H20IN5O/c17-16-15(19-5-6-20-23)11-14(21-16)12-1-3-13(4-2-12)22-9-7-18-8-10-22/h1-6,11,16,18-20,23H,7-10H2/b6-5-. The molecule has 1 unspecified atom stereocenters. The van der Waals surface area contributed by atoms with Gasteiger partial charge in [-0.15, -0.1) is 0 Å². The van der Waals surface area contributed by atoms with E-state index in [4.69, 9.17) is 5.21 Å². The Balaban J connectivity index is 1.69. The molecule has 4 N–H and O–H groups in total. The van der Waals surface area contributed by atoms with Crippen molar-refractivity contribution in [3.05, 3.63) is 54.0 Å². The minimum Gasteiger partial charge on any atom is -0.369 e. The number of halogens is 1. The molecule has 1 fully saturated rings. The molecule has 0 aromatic heterocycles. The Bertz CT molecular complexity index is 620. The molecule has 2 aliphatic heterocycles. The van der Waals surface area contributed by atoms with E-state index in [1.165, 1.54) is 11.9 Å². The van der Waals surface area contributed by atoms with Crippen molar-refractivity contribution in [1.29, 1.82) is 0 Å². The second-order valence-electron chi connectivity index (χ2n) is 5.34. The molecule has 1 saturated heterocycles. The molecule has 0 amide bonds. The maximum Gasteiger partial charge on any atom is 0.141 e. The van der Waals surface area contributed by atoms with Crippen molar-refractivity contribution >= 4 is 34.0 Å². The highest BCUT2D eigenvalue weighted by Gasteiger charge is 2.18. The number of alkyl halides is 1. The van der Waals surface area contributed by atoms with E-state index >= 15 is 0 Å². The molecule has 23 heavy (non-hydrogen) atoms. The van der Waals surface area contributed by atoms with E-state index in [1.54, 1.807) is 6.20 Å². The molecule has 7 heteroatoms. The van der Waals surface area contributed by atoms with Crippen molar-refractivity contribution in [3.63, 3.8) is 0 Å². The highest BCUT2D eigenvalue weighted by atomic mass is 127. The highest BCUT2D eigenvalue weighted by Crippen LogP contribution is 2.23. The Labute approximate surface area is 149 Å². The average Bonchev–Trinajstić information content (AvgIpc) is 2.97. The van der Waals surface area contributed by atoms with E-state index in [1.807, 2.05) is 11.6 Å². The summed E-state index contributed by atoms with van der Waals surface area (Å²) in [6, 6.07) is 8.59. The largest absolute Gasteiger partial charge is 0.369 e. The molecule has 1 atom stereocenters. The summed E-state index contributed by atoms with van der Waals surface area (Å²) in [6.07, 6.45) is 5.10. The summed E-state index contributed by atoms with van der Waals surface area (Å²) in [5.74, 6) is 0. The highest BCUT2D eigenvalue weighted by molar-refractivity contribution is 14.1. The number of benzene rings is 1. The summed E-state index contributed by atoms with van der Waals surface area (Å²) in [7, 11) is 0. The van der Waals surface area contributed by atoms with Gasteiger partial charge in [-0.05, 0) is 46.4 Å². The Hall–Kier alpha value is -1.58. The molecular formula is C16H20IN5O. The predicted molar refractivity (Wildman–Crippen MR) is 101 cm³/mol. The number of hydroxylamine groups is 1. The van der Waals surface area contributed by atoms with E-state index in [2.05, 4.69) is 67.4 Å². The van der Waals surface area contributed by atoms with Crippen LogP contribution >= 0.6 is 22.6 Å². The SMILES string of the molecule is ON/C=C\NC1=CC(c2ccc(N3CCNCC3)cc2)=NC1I. The lowest BCUT2D eigenvalue weighted by Crippen LogP contribution is -2.43. The molecule has 3 rings (SSSR count). The topological polar surface area (TPSA) is 71.9 Å². The van der Waals surface area contributed by atoms with Crippen molar-refractivity contribution in [2.75, 3.05) is 31.1 Å². The third-order valence-electron chi connectivity index (χ3n) is 3.85. The predicted octanol–water partition coefficient (Wildman–Crippen LogP) is 1.58. The Morgan fingerprint density at radius 3 is 2.65 bits per heavy atom. The van der Waals surface area contributed by atoms with Gasteiger partial charge in [-0.3, -0.25) is 15.7 Å². The maximum atomic E-state index is 8.53. The van der Waals surface area contributed by atoms with Crippen LogP contribution in [0.25, 0.3) is 0 Å². The van der Waals surface area contributed by atoms with Gasteiger partial charge in [-0.25, -0.2) is 0 Å². The summed E-state index contributed by atoms with van der Waals surface area (Å²) >= 11 is 2.28. The van der Waals surface area contributed by atoms with Crippen molar-refractivity contribution in [2.45, 2.75) is 4.05 Å². The number of nitrogens with zero attached hydrogens (tertiary/aromatic N) is 2. The van der Waals surface area contributed by atoms with Gasteiger partial charge in [0, 0.05) is 44.3 Å².